The fourth-order valence-corrected chi connectivity index (χ4v) is 2.50. The second kappa shape index (κ2) is 7.68. The van der Waals surface area contributed by atoms with E-state index in [0.29, 0.717) is 19.7 Å². The number of hydrogen-bond donors (Lipinski definition) is 2. The molecule has 0 atom stereocenters. The van der Waals surface area contributed by atoms with Gasteiger partial charge in [-0.05, 0) is 44.4 Å². The number of likely N-dealkylation sites (tertiary alicyclic amines) is 1. The van der Waals surface area contributed by atoms with Gasteiger partial charge in [-0.15, -0.1) is 0 Å². The molecule has 2 N–H and O–H groups in total. The lowest BCUT2D eigenvalue weighted by Gasteiger charge is -2.31. The highest BCUT2D eigenvalue weighted by atomic mass is 16.6. The van der Waals surface area contributed by atoms with Crippen molar-refractivity contribution in [2.24, 2.45) is 0 Å². The van der Waals surface area contributed by atoms with Crippen LogP contribution in [0.4, 0.5) is 15.3 Å². The molecule has 0 spiro atoms. The quantitative estimate of drug-likeness (QED) is 0.902. The van der Waals surface area contributed by atoms with Crippen LogP contribution in [0.2, 0.25) is 0 Å². The highest BCUT2D eigenvalue weighted by Crippen LogP contribution is 2.13. The molecular weight excluding hydrogens is 282 g/mol. The molecule has 1 saturated heterocycles. The van der Waals surface area contributed by atoms with Crippen molar-refractivity contribution in [3.8, 4) is 0 Å². The van der Waals surface area contributed by atoms with Crippen LogP contribution in [0.15, 0.2) is 24.3 Å². The van der Waals surface area contributed by atoms with Crippen LogP contribution in [0, 0.1) is 6.92 Å². The number of anilines is 1. The minimum atomic E-state index is -0.273. The molecule has 0 aromatic heterocycles. The maximum atomic E-state index is 12.0. The van der Waals surface area contributed by atoms with Crippen molar-refractivity contribution in [2.75, 3.05) is 25.0 Å². The smallest absolute Gasteiger partial charge is 0.409 e. The fourth-order valence-electron chi connectivity index (χ4n) is 2.50. The van der Waals surface area contributed by atoms with Gasteiger partial charge in [0.1, 0.15) is 0 Å². The first kappa shape index (κ1) is 16.1. The number of amides is 3. The Morgan fingerprint density at radius 1 is 1.32 bits per heavy atom. The third-order valence-electron chi connectivity index (χ3n) is 3.63. The standard InChI is InChI=1S/C16H23N3O3/c1-3-22-16(21)19-9-7-13(8-10-19)17-15(20)18-14-6-4-5-12(2)11-14/h4-6,11,13H,3,7-10H2,1-2H3,(H2,17,18,20). The lowest BCUT2D eigenvalue weighted by molar-refractivity contribution is 0.0959. The van der Waals surface area contributed by atoms with Crippen LogP contribution in [0.3, 0.4) is 0 Å². The van der Waals surface area contributed by atoms with Crippen LogP contribution >= 0.6 is 0 Å². The SMILES string of the molecule is CCOC(=O)N1CCC(NC(=O)Nc2cccc(C)c2)CC1. The summed E-state index contributed by atoms with van der Waals surface area (Å²) >= 11 is 0. The predicted octanol–water partition coefficient (Wildman–Crippen LogP) is 2.74. The van der Waals surface area contributed by atoms with Gasteiger partial charge in [-0.3, -0.25) is 0 Å². The Balaban J connectivity index is 1.76. The Hall–Kier alpha value is -2.24. The van der Waals surface area contributed by atoms with Crippen molar-refractivity contribution in [1.29, 1.82) is 0 Å². The van der Waals surface area contributed by atoms with Gasteiger partial charge < -0.3 is 20.3 Å². The van der Waals surface area contributed by atoms with Gasteiger partial charge in [-0.1, -0.05) is 12.1 Å². The average Bonchev–Trinajstić information content (AvgIpc) is 2.48. The van der Waals surface area contributed by atoms with Gasteiger partial charge in [-0.2, -0.15) is 0 Å². The highest BCUT2D eigenvalue weighted by molar-refractivity contribution is 5.89. The minimum Gasteiger partial charge on any atom is -0.450 e. The minimum absolute atomic E-state index is 0.0792. The molecule has 0 unspecified atom stereocenters. The number of ether oxygens (including phenoxy) is 1. The maximum absolute atomic E-state index is 12.0. The van der Waals surface area contributed by atoms with Gasteiger partial charge in [-0.25, -0.2) is 9.59 Å². The van der Waals surface area contributed by atoms with Gasteiger partial charge in [0.05, 0.1) is 6.61 Å². The number of piperidine rings is 1. The fraction of sp³-hybridized carbons (Fsp3) is 0.500. The average molecular weight is 305 g/mol. The van der Waals surface area contributed by atoms with E-state index in [1.807, 2.05) is 31.2 Å². The molecule has 0 aliphatic carbocycles. The molecule has 1 aromatic rings. The zero-order valence-corrected chi connectivity index (χ0v) is 13.1. The van der Waals surface area contributed by atoms with Crippen molar-refractivity contribution >= 4 is 17.8 Å². The van der Waals surface area contributed by atoms with Crippen LogP contribution < -0.4 is 10.6 Å². The molecule has 0 saturated carbocycles. The first-order chi connectivity index (χ1) is 10.6. The van der Waals surface area contributed by atoms with E-state index in [0.717, 1.165) is 24.1 Å². The Bertz CT molecular complexity index is 525. The van der Waals surface area contributed by atoms with E-state index in [2.05, 4.69) is 10.6 Å². The number of rotatable bonds is 3. The summed E-state index contributed by atoms with van der Waals surface area (Å²) in [5.41, 5.74) is 1.88. The molecular formula is C16H23N3O3. The van der Waals surface area contributed by atoms with Crippen molar-refractivity contribution in [2.45, 2.75) is 32.7 Å². The first-order valence-corrected chi connectivity index (χ1v) is 7.64. The lowest BCUT2D eigenvalue weighted by Crippen LogP contribution is -2.47. The second-order valence-corrected chi connectivity index (χ2v) is 5.43. The summed E-state index contributed by atoms with van der Waals surface area (Å²) in [5, 5.41) is 5.78. The number of urea groups is 1. The number of aryl methyl sites for hydroxylation is 1. The van der Waals surface area contributed by atoms with Gasteiger partial charge >= 0.3 is 12.1 Å². The molecule has 0 bridgehead atoms. The molecule has 120 valence electrons. The molecule has 1 heterocycles. The van der Waals surface area contributed by atoms with E-state index in [9.17, 15) is 9.59 Å². The number of nitrogens with one attached hydrogen (secondary N) is 2. The van der Waals surface area contributed by atoms with Gasteiger partial charge in [0, 0.05) is 24.8 Å². The van der Waals surface area contributed by atoms with E-state index in [4.69, 9.17) is 4.74 Å². The van der Waals surface area contributed by atoms with Crippen LogP contribution in [-0.2, 0) is 4.74 Å². The molecule has 6 heteroatoms. The summed E-state index contributed by atoms with van der Waals surface area (Å²) in [4.78, 5) is 25.3. The summed E-state index contributed by atoms with van der Waals surface area (Å²) < 4.78 is 4.98. The summed E-state index contributed by atoms with van der Waals surface area (Å²) in [6.45, 7) is 5.37. The second-order valence-electron chi connectivity index (χ2n) is 5.43. The highest BCUT2D eigenvalue weighted by Gasteiger charge is 2.24. The molecule has 22 heavy (non-hydrogen) atoms. The monoisotopic (exact) mass is 305 g/mol. The van der Waals surface area contributed by atoms with Gasteiger partial charge in [0.25, 0.3) is 0 Å². The first-order valence-electron chi connectivity index (χ1n) is 7.64. The number of hydrogen-bond acceptors (Lipinski definition) is 3. The topological polar surface area (TPSA) is 70.7 Å². The maximum Gasteiger partial charge on any atom is 0.409 e. The van der Waals surface area contributed by atoms with Crippen molar-refractivity contribution in [3.05, 3.63) is 29.8 Å². The van der Waals surface area contributed by atoms with E-state index in [1.54, 1.807) is 11.8 Å². The Morgan fingerprint density at radius 2 is 2.05 bits per heavy atom. The number of carbonyl (C=O) groups is 2. The van der Waals surface area contributed by atoms with Crippen LogP contribution in [-0.4, -0.2) is 42.8 Å². The summed E-state index contributed by atoms with van der Waals surface area (Å²) in [6.07, 6.45) is 1.20. The number of carbonyl (C=O) groups excluding carboxylic acids is 2. The molecule has 1 aromatic carbocycles. The Kier molecular flexibility index (Phi) is 5.63. The van der Waals surface area contributed by atoms with E-state index < -0.39 is 0 Å². The van der Waals surface area contributed by atoms with Crippen molar-refractivity contribution in [3.63, 3.8) is 0 Å². The van der Waals surface area contributed by atoms with Gasteiger partial charge in [0.15, 0.2) is 0 Å². The van der Waals surface area contributed by atoms with E-state index >= 15 is 0 Å². The summed E-state index contributed by atoms with van der Waals surface area (Å²) in [5.74, 6) is 0. The third-order valence-corrected chi connectivity index (χ3v) is 3.63. The molecule has 0 radical (unpaired) electrons. The number of nitrogens with zero attached hydrogens (tertiary/aromatic N) is 1. The normalized spacial score (nSPS) is 15.3. The van der Waals surface area contributed by atoms with E-state index in [-0.39, 0.29) is 18.2 Å². The summed E-state index contributed by atoms with van der Waals surface area (Å²) in [6, 6.07) is 7.53. The number of benzene rings is 1. The van der Waals surface area contributed by atoms with Crippen LogP contribution in [0.1, 0.15) is 25.3 Å². The molecule has 1 aliphatic heterocycles. The third kappa shape index (κ3) is 4.65. The zero-order valence-electron chi connectivity index (χ0n) is 13.1. The Morgan fingerprint density at radius 3 is 2.68 bits per heavy atom. The largest absolute Gasteiger partial charge is 0.450 e. The molecule has 1 aliphatic rings. The van der Waals surface area contributed by atoms with Crippen molar-refractivity contribution in [1.82, 2.24) is 10.2 Å². The van der Waals surface area contributed by atoms with Crippen LogP contribution in [0.5, 0.6) is 0 Å². The van der Waals surface area contributed by atoms with Crippen LogP contribution in [0.25, 0.3) is 0 Å². The molecule has 3 amide bonds. The molecule has 6 nitrogen and oxygen atoms in total. The molecule has 1 fully saturated rings. The predicted molar refractivity (Wildman–Crippen MR) is 85.0 cm³/mol. The zero-order chi connectivity index (χ0) is 15.9. The molecule has 2 rings (SSSR count). The summed E-state index contributed by atoms with van der Waals surface area (Å²) in [7, 11) is 0. The Labute approximate surface area is 130 Å². The van der Waals surface area contributed by atoms with E-state index in [1.165, 1.54) is 0 Å². The van der Waals surface area contributed by atoms with Crippen molar-refractivity contribution < 1.29 is 14.3 Å². The lowest BCUT2D eigenvalue weighted by atomic mass is 10.1. The van der Waals surface area contributed by atoms with Gasteiger partial charge in [0.2, 0.25) is 0 Å².